The molecule has 82 valence electrons. The van der Waals surface area contributed by atoms with Crippen LogP contribution in [0.5, 0.6) is 0 Å². The van der Waals surface area contributed by atoms with Crippen molar-refractivity contribution in [3.8, 4) is 0 Å². The molecule has 0 fully saturated rings. The maximum Gasteiger partial charge on any atom is 0.415 e. The van der Waals surface area contributed by atoms with Crippen molar-refractivity contribution in [3.63, 3.8) is 0 Å². The normalized spacial score (nSPS) is 13.7. The summed E-state index contributed by atoms with van der Waals surface area (Å²) in [6.45, 7) is 2.03. The molecule has 0 aliphatic heterocycles. The number of nitrogens with one attached hydrogen (secondary N) is 1. The van der Waals surface area contributed by atoms with Gasteiger partial charge in [-0.05, 0) is 0 Å². The molecule has 0 amide bonds. The van der Waals surface area contributed by atoms with E-state index in [-0.39, 0.29) is 12.1 Å². The summed E-state index contributed by atoms with van der Waals surface area (Å²) in [6.07, 6.45) is -7.19. The molecule has 0 heterocycles. The van der Waals surface area contributed by atoms with Crippen molar-refractivity contribution in [1.82, 2.24) is 5.32 Å². The summed E-state index contributed by atoms with van der Waals surface area (Å²) in [7, 11) is 0. The summed E-state index contributed by atoms with van der Waals surface area (Å²) < 4.78 is 35.1. The van der Waals surface area contributed by atoms with Crippen LogP contribution in [0.3, 0.4) is 0 Å². The van der Waals surface area contributed by atoms with Crippen LogP contribution in [0.1, 0.15) is 0 Å². The minimum Gasteiger partial charge on any atom is -0.478 e. The molecule has 3 N–H and O–H groups in total. The first-order valence-electron chi connectivity index (χ1n) is 3.61. The van der Waals surface area contributed by atoms with Gasteiger partial charge in [0.2, 0.25) is 0 Å². The van der Waals surface area contributed by atoms with Crippen LogP contribution in [-0.2, 0) is 4.79 Å². The monoisotopic (exact) mass is 213 g/mol. The molecule has 0 aromatic heterocycles. The number of aliphatic hydroxyl groups excluding tert-OH is 1. The lowest BCUT2D eigenvalue weighted by Crippen LogP contribution is -2.39. The number of carboxylic acids is 1. The van der Waals surface area contributed by atoms with E-state index in [1.807, 2.05) is 0 Å². The van der Waals surface area contributed by atoms with Gasteiger partial charge in [0.25, 0.3) is 0 Å². The van der Waals surface area contributed by atoms with Gasteiger partial charge in [0, 0.05) is 18.7 Å². The van der Waals surface area contributed by atoms with E-state index in [9.17, 15) is 18.0 Å². The SMILES string of the molecule is C=C(CNCC(O)C(F)(F)F)C(=O)O. The fourth-order valence-electron chi connectivity index (χ4n) is 0.551. The first kappa shape index (κ1) is 12.9. The van der Waals surface area contributed by atoms with Crippen LogP contribution in [0, 0.1) is 0 Å². The highest BCUT2D eigenvalue weighted by atomic mass is 19.4. The van der Waals surface area contributed by atoms with Gasteiger partial charge in [0.1, 0.15) is 0 Å². The predicted molar refractivity (Wildman–Crippen MR) is 41.7 cm³/mol. The van der Waals surface area contributed by atoms with Crippen LogP contribution in [0.4, 0.5) is 13.2 Å². The Bertz CT molecular complexity index is 227. The Hall–Kier alpha value is -1.08. The zero-order valence-electron chi connectivity index (χ0n) is 7.14. The maximum absolute atomic E-state index is 11.7. The van der Waals surface area contributed by atoms with E-state index in [1.165, 1.54) is 0 Å². The summed E-state index contributed by atoms with van der Waals surface area (Å²) in [4.78, 5) is 10.1. The number of aliphatic carboxylic acids is 1. The smallest absolute Gasteiger partial charge is 0.415 e. The van der Waals surface area contributed by atoms with Crippen molar-refractivity contribution in [2.45, 2.75) is 12.3 Å². The van der Waals surface area contributed by atoms with Crippen molar-refractivity contribution in [2.75, 3.05) is 13.1 Å². The van der Waals surface area contributed by atoms with E-state index in [1.54, 1.807) is 0 Å². The van der Waals surface area contributed by atoms with Gasteiger partial charge in [-0.3, -0.25) is 0 Å². The quantitative estimate of drug-likeness (QED) is 0.568. The number of hydrogen-bond acceptors (Lipinski definition) is 3. The maximum atomic E-state index is 11.7. The Morgan fingerprint density at radius 3 is 2.36 bits per heavy atom. The lowest BCUT2D eigenvalue weighted by atomic mass is 10.3. The third-order valence-electron chi connectivity index (χ3n) is 1.36. The summed E-state index contributed by atoms with van der Waals surface area (Å²) in [5.41, 5.74) is -0.264. The number of alkyl halides is 3. The molecule has 4 nitrogen and oxygen atoms in total. The minimum atomic E-state index is -4.70. The van der Waals surface area contributed by atoms with Gasteiger partial charge in [-0.1, -0.05) is 6.58 Å². The number of hydrogen-bond donors (Lipinski definition) is 3. The van der Waals surface area contributed by atoms with Crippen molar-refractivity contribution < 1.29 is 28.2 Å². The molecule has 0 aromatic carbocycles. The largest absolute Gasteiger partial charge is 0.478 e. The first-order chi connectivity index (χ1) is 6.25. The number of rotatable bonds is 5. The van der Waals surface area contributed by atoms with Gasteiger partial charge in [-0.25, -0.2) is 4.79 Å². The Morgan fingerprint density at radius 2 is 2.00 bits per heavy atom. The third-order valence-corrected chi connectivity index (χ3v) is 1.36. The average Bonchev–Trinajstić information content (AvgIpc) is 2.01. The van der Waals surface area contributed by atoms with E-state index < -0.39 is 24.8 Å². The molecular weight excluding hydrogens is 203 g/mol. The van der Waals surface area contributed by atoms with Crippen LogP contribution in [0.15, 0.2) is 12.2 Å². The molecule has 0 spiro atoms. The van der Waals surface area contributed by atoms with Gasteiger partial charge < -0.3 is 15.5 Å². The second-order valence-corrected chi connectivity index (χ2v) is 2.60. The van der Waals surface area contributed by atoms with Gasteiger partial charge >= 0.3 is 12.1 Å². The molecule has 0 radical (unpaired) electrons. The molecule has 1 atom stereocenters. The predicted octanol–water partition coefficient (Wildman–Crippen LogP) is 0.140. The van der Waals surface area contributed by atoms with E-state index in [2.05, 4.69) is 11.9 Å². The highest BCUT2D eigenvalue weighted by molar-refractivity contribution is 5.86. The summed E-state index contributed by atoms with van der Waals surface area (Å²) >= 11 is 0. The third kappa shape index (κ3) is 4.83. The molecule has 14 heavy (non-hydrogen) atoms. The molecule has 0 aromatic rings. The fourth-order valence-corrected chi connectivity index (χ4v) is 0.551. The molecule has 7 heteroatoms. The lowest BCUT2D eigenvalue weighted by molar-refractivity contribution is -0.201. The number of aliphatic hydroxyl groups is 1. The van der Waals surface area contributed by atoms with Gasteiger partial charge in [0.15, 0.2) is 6.10 Å². The van der Waals surface area contributed by atoms with E-state index >= 15 is 0 Å². The summed E-state index contributed by atoms with van der Waals surface area (Å²) in [5, 5.41) is 18.9. The minimum absolute atomic E-state index is 0.264. The van der Waals surface area contributed by atoms with Crippen molar-refractivity contribution in [2.24, 2.45) is 0 Å². The Morgan fingerprint density at radius 1 is 1.50 bits per heavy atom. The van der Waals surface area contributed by atoms with Crippen molar-refractivity contribution >= 4 is 5.97 Å². The van der Waals surface area contributed by atoms with E-state index in [0.717, 1.165) is 0 Å². The Labute approximate surface area is 78.0 Å². The molecule has 0 aliphatic carbocycles. The first-order valence-corrected chi connectivity index (χ1v) is 3.61. The number of carboxylic acid groups (broad SMARTS) is 1. The zero-order chi connectivity index (χ0) is 11.4. The molecule has 1 unspecified atom stereocenters. The molecular formula is C7H10F3NO3. The second-order valence-electron chi connectivity index (χ2n) is 2.60. The standard InChI is InChI=1S/C7H10F3NO3/c1-4(6(13)14)2-11-3-5(12)7(8,9)10/h5,11-12H,1-3H2,(H,13,14). The van der Waals surface area contributed by atoms with Crippen LogP contribution in [0.2, 0.25) is 0 Å². The Kier molecular flexibility index (Phi) is 4.58. The fraction of sp³-hybridized carbons (Fsp3) is 0.571. The van der Waals surface area contributed by atoms with Crippen LogP contribution < -0.4 is 5.32 Å². The van der Waals surface area contributed by atoms with Gasteiger partial charge in [0.05, 0.1) is 0 Å². The molecule has 0 bridgehead atoms. The van der Waals surface area contributed by atoms with Crippen molar-refractivity contribution in [3.05, 3.63) is 12.2 Å². The van der Waals surface area contributed by atoms with Gasteiger partial charge in [-0.2, -0.15) is 13.2 Å². The second kappa shape index (κ2) is 4.97. The summed E-state index contributed by atoms with van der Waals surface area (Å²) in [6, 6.07) is 0. The molecule has 0 saturated carbocycles. The summed E-state index contributed by atoms with van der Waals surface area (Å²) in [5.74, 6) is -1.29. The topological polar surface area (TPSA) is 69.6 Å². The van der Waals surface area contributed by atoms with E-state index in [4.69, 9.17) is 10.2 Å². The highest BCUT2D eigenvalue weighted by Gasteiger charge is 2.37. The van der Waals surface area contributed by atoms with Crippen molar-refractivity contribution in [1.29, 1.82) is 0 Å². The zero-order valence-corrected chi connectivity index (χ0v) is 7.14. The van der Waals surface area contributed by atoms with Gasteiger partial charge in [-0.15, -0.1) is 0 Å². The van der Waals surface area contributed by atoms with Crippen LogP contribution >= 0.6 is 0 Å². The molecule has 0 rings (SSSR count). The number of halogens is 3. The Balaban J connectivity index is 3.76. The average molecular weight is 213 g/mol. The number of carbonyl (C=O) groups is 1. The molecule has 0 saturated heterocycles. The van der Waals surface area contributed by atoms with E-state index in [0.29, 0.717) is 0 Å². The highest BCUT2D eigenvalue weighted by Crippen LogP contribution is 2.19. The molecule has 0 aliphatic rings. The van der Waals surface area contributed by atoms with Crippen LogP contribution in [-0.4, -0.2) is 41.6 Å². The van der Waals surface area contributed by atoms with Crippen LogP contribution in [0.25, 0.3) is 0 Å². The lowest BCUT2D eigenvalue weighted by Gasteiger charge is -2.14.